The van der Waals surface area contributed by atoms with E-state index in [-0.39, 0.29) is 5.91 Å². The van der Waals surface area contributed by atoms with Crippen LogP contribution in [0.25, 0.3) is 0 Å². The van der Waals surface area contributed by atoms with Gasteiger partial charge >= 0.3 is 0 Å². The zero-order valence-electron chi connectivity index (χ0n) is 13.4. The van der Waals surface area contributed by atoms with Gasteiger partial charge in [-0.25, -0.2) is 0 Å². The van der Waals surface area contributed by atoms with E-state index in [0.717, 1.165) is 16.8 Å². The third-order valence-corrected chi connectivity index (χ3v) is 4.12. The van der Waals surface area contributed by atoms with Crippen molar-refractivity contribution < 1.29 is 4.79 Å². The number of anilines is 1. The minimum absolute atomic E-state index is 0.0422. The molecule has 3 rings (SSSR count). The summed E-state index contributed by atoms with van der Waals surface area (Å²) in [5.74, 6) is -0.0422. The molecule has 0 bridgehead atoms. The molecule has 120 valence electrons. The molecule has 1 amide bonds. The van der Waals surface area contributed by atoms with Gasteiger partial charge in [0.2, 0.25) is 0 Å². The first-order chi connectivity index (χ1) is 11.6. The van der Waals surface area contributed by atoms with Crippen LogP contribution in [0.15, 0.2) is 78.9 Å². The van der Waals surface area contributed by atoms with Gasteiger partial charge in [-0.15, -0.1) is 0 Å². The van der Waals surface area contributed by atoms with Crippen molar-refractivity contribution >= 4 is 23.2 Å². The maximum absolute atomic E-state index is 13.0. The predicted octanol–water partition coefficient (Wildman–Crippen LogP) is 5.50. The summed E-state index contributed by atoms with van der Waals surface area (Å²) in [4.78, 5) is 14.8. The van der Waals surface area contributed by atoms with Gasteiger partial charge < -0.3 is 4.90 Å². The molecule has 0 aliphatic carbocycles. The van der Waals surface area contributed by atoms with Gasteiger partial charge in [0, 0.05) is 16.3 Å². The van der Waals surface area contributed by atoms with Gasteiger partial charge in [-0.2, -0.15) is 0 Å². The van der Waals surface area contributed by atoms with E-state index in [1.54, 1.807) is 29.2 Å². The normalized spacial score (nSPS) is 10.4. The van der Waals surface area contributed by atoms with Crippen molar-refractivity contribution in [2.75, 3.05) is 4.90 Å². The first-order valence-electron chi connectivity index (χ1n) is 7.81. The molecule has 0 saturated carbocycles. The minimum atomic E-state index is -0.0422. The van der Waals surface area contributed by atoms with Crippen LogP contribution in [0.4, 0.5) is 5.69 Å². The number of hydrogen-bond acceptors (Lipinski definition) is 1. The molecule has 2 nitrogen and oxygen atoms in total. The zero-order chi connectivity index (χ0) is 16.9. The maximum Gasteiger partial charge on any atom is 0.258 e. The number of benzene rings is 3. The van der Waals surface area contributed by atoms with E-state index in [0.29, 0.717) is 17.1 Å². The summed E-state index contributed by atoms with van der Waals surface area (Å²) in [6.07, 6.45) is 0. The van der Waals surface area contributed by atoms with Crippen LogP contribution < -0.4 is 4.90 Å². The Morgan fingerprint density at radius 3 is 2.12 bits per heavy atom. The first kappa shape index (κ1) is 16.3. The van der Waals surface area contributed by atoms with E-state index in [4.69, 9.17) is 11.6 Å². The number of halogens is 1. The van der Waals surface area contributed by atoms with Gasteiger partial charge in [-0.3, -0.25) is 4.79 Å². The third-order valence-electron chi connectivity index (χ3n) is 3.87. The molecule has 0 radical (unpaired) electrons. The van der Waals surface area contributed by atoms with Crippen molar-refractivity contribution in [2.45, 2.75) is 13.5 Å². The second kappa shape index (κ2) is 7.33. The molecular formula is C21H18ClNO. The lowest BCUT2D eigenvalue weighted by molar-refractivity contribution is 0.0985. The Kier molecular flexibility index (Phi) is 4.97. The van der Waals surface area contributed by atoms with E-state index in [2.05, 4.69) is 0 Å². The lowest BCUT2D eigenvalue weighted by atomic mass is 10.1. The summed E-state index contributed by atoms with van der Waals surface area (Å²) in [5.41, 5.74) is 3.75. The van der Waals surface area contributed by atoms with E-state index >= 15 is 0 Å². The number of nitrogens with zero attached hydrogens (tertiary/aromatic N) is 1. The quantitative estimate of drug-likeness (QED) is 0.617. The molecule has 3 aromatic carbocycles. The standard InChI is InChI=1S/C21H18ClNO/c1-16-7-13-20(14-8-16)23(15-17-5-3-2-4-6-17)21(24)18-9-11-19(22)12-10-18/h2-14H,15H2,1H3. The molecule has 0 fully saturated rings. The SMILES string of the molecule is Cc1ccc(N(Cc2ccccc2)C(=O)c2ccc(Cl)cc2)cc1. The third kappa shape index (κ3) is 3.84. The van der Waals surface area contributed by atoms with Crippen molar-refractivity contribution in [3.8, 4) is 0 Å². The van der Waals surface area contributed by atoms with Crippen LogP contribution in [0.5, 0.6) is 0 Å². The Morgan fingerprint density at radius 1 is 0.875 bits per heavy atom. The fourth-order valence-electron chi connectivity index (χ4n) is 2.52. The molecule has 0 aliphatic rings. The first-order valence-corrected chi connectivity index (χ1v) is 8.19. The highest BCUT2D eigenvalue weighted by molar-refractivity contribution is 6.30. The van der Waals surface area contributed by atoms with Crippen molar-refractivity contribution in [3.05, 3.63) is 101 Å². The predicted molar refractivity (Wildman–Crippen MR) is 99.6 cm³/mol. The minimum Gasteiger partial charge on any atom is -0.304 e. The topological polar surface area (TPSA) is 20.3 Å². The summed E-state index contributed by atoms with van der Waals surface area (Å²) in [6, 6.07) is 25.0. The summed E-state index contributed by atoms with van der Waals surface area (Å²) in [7, 11) is 0. The molecule has 0 unspecified atom stereocenters. The van der Waals surface area contributed by atoms with Crippen molar-refractivity contribution in [1.82, 2.24) is 0 Å². The molecule has 3 aromatic rings. The number of carbonyl (C=O) groups is 1. The number of hydrogen-bond donors (Lipinski definition) is 0. The Morgan fingerprint density at radius 2 is 1.50 bits per heavy atom. The van der Waals surface area contributed by atoms with Crippen molar-refractivity contribution in [3.63, 3.8) is 0 Å². The number of amides is 1. The summed E-state index contributed by atoms with van der Waals surface area (Å²) >= 11 is 5.94. The van der Waals surface area contributed by atoms with Gasteiger partial charge in [-0.1, -0.05) is 59.6 Å². The number of aryl methyl sites for hydroxylation is 1. The molecule has 0 aromatic heterocycles. The summed E-state index contributed by atoms with van der Waals surface area (Å²) in [5, 5.41) is 0.622. The van der Waals surface area contributed by atoms with Gasteiger partial charge in [0.25, 0.3) is 5.91 Å². The highest BCUT2D eigenvalue weighted by Crippen LogP contribution is 2.21. The van der Waals surface area contributed by atoms with Gasteiger partial charge in [-0.05, 0) is 48.9 Å². The largest absolute Gasteiger partial charge is 0.304 e. The average Bonchev–Trinajstić information content (AvgIpc) is 2.62. The number of carbonyl (C=O) groups excluding carboxylic acids is 1. The number of rotatable bonds is 4. The molecule has 0 atom stereocenters. The van der Waals surface area contributed by atoms with Crippen LogP contribution in [0.3, 0.4) is 0 Å². The van der Waals surface area contributed by atoms with E-state index < -0.39 is 0 Å². The van der Waals surface area contributed by atoms with Crippen molar-refractivity contribution in [2.24, 2.45) is 0 Å². The maximum atomic E-state index is 13.0. The van der Waals surface area contributed by atoms with Crippen LogP contribution in [-0.4, -0.2) is 5.91 Å². The van der Waals surface area contributed by atoms with E-state index in [9.17, 15) is 4.79 Å². The second-order valence-electron chi connectivity index (χ2n) is 5.72. The van der Waals surface area contributed by atoms with E-state index in [1.807, 2.05) is 61.5 Å². The van der Waals surface area contributed by atoms with Crippen LogP contribution in [0.1, 0.15) is 21.5 Å². The molecule has 0 aliphatic heterocycles. The Hall–Kier alpha value is -2.58. The highest BCUT2D eigenvalue weighted by Gasteiger charge is 2.18. The van der Waals surface area contributed by atoms with Gasteiger partial charge in [0.15, 0.2) is 0 Å². The van der Waals surface area contributed by atoms with Crippen LogP contribution >= 0.6 is 11.6 Å². The molecule has 0 saturated heterocycles. The monoisotopic (exact) mass is 335 g/mol. The summed E-state index contributed by atoms with van der Waals surface area (Å²) < 4.78 is 0. The van der Waals surface area contributed by atoms with E-state index in [1.165, 1.54) is 0 Å². The molecular weight excluding hydrogens is 318 g/mol. The lowest BCUT2D eigenvalue weighted by Gasteiger charge is -2.23. The van der Waals surface area contributed by atoms with Crippen LogP contribution in [0, 0.1) is 6.92 Å². The molecule has 3 heteroatoms. The van der Waals surface area contributed by atoms with Crippen LogP contribution in [-0.2, 0) is 6.54 Å². The molecule has 0 spiro atoms. The summed E-state index contributed by atoms with van der Waals surface area (Å²) in [6.45, 7) is 2.55. The fourth-order valence-corrected chi connectivity index (χ4v) is 2.65. The zero-order valence-corrected chi connectivity index (χ0v) is 14.2. The van der Waals surface area contributed by atoms with Gasteiger partial charge in [0.1, 0.15) is 0 Å². The Bertz CT molecular complexity index is 811. The highest BCUT2D eigenvalue weighted by atomic mass is 35.5. The smallest absolute Gasteiger partial charge is 0.258 e. The molecule has 24 heavy (non-hydrogen) atoms. The van der Waals surface area contributed by atoms with Crippen molar-refractivity contribution in [1.29, 1.82) is 0 Å². The molecule has 0 heterocycles. The molecule has 0 N–H and O–H groups in total. The Labute approximate surface area is 147 Å². The average molecular weight is 336 g/mol. The van der Waals surface area contributed by atoms with Crippen LogP contribution in [0.2, 0.25) is 5.02 Å². The Balaban J connectivity index is 1.96. The van der Waals surface area contributed by atoms with Gasteiger partial charge in [0.05, 0.1) is 6.54 Å². The second-order valence-corrected chi connectivity index (χ2v) is 6.16. The lowest BCUT2D eigenvalue weighted by Crippen LogP contribution is -2.30. The fraction of sp³-hybridized carbons (Fsp3) is 0.0952.